The fraction of sp³-hybridized carbons (Fsp3) is 0.125. The highest BCUT2D eigenvalue weighted by molar-refractivity contribution is 7.98. The summed E-state index contributed by atoms with van der Waals surface area (Å²) in [7, 11) is 0. The molecule has 0 aliphatic rings. The van der Waals surface area contributed by atoms with Gasteiger partial charge < -0.3 is 9.84 Å². The molecule has 0 unspecified atom stereocenters. The molecular weight excluding hydrogens is 436 g/mol. The van der Waals surface area contributed by atoms with E-state index < -0.39 is 0 Å². The first-order valence-corrected chi connectivity index (χ1v) is 11.3. The molecule has 0 radical (unpaired) electrons. The van der Waals surface area contributed by atoms with Crippen molar-refractivity contribution in [2.75, 3.05) is 5.32 Å². The summed E-state index contributed by atoms with van der Waals surface area (Å²) in [6.07, 6.45) is 5.05. The monoisotopic (exact) mass is 456 g/mol. The highest BCUT2D eigenvalue weighted by Gasteiger charge is 2.16. The molecule has 33 heavy (non-hydrogen) atoms. The van der Waals surface area contributed by atoms with Gasteiger partial charge in [-0.1, -0.05) is 17.3 Å². The molecule has 0 fully saturated rings. The molecule has 1 aromatic carbocycles. The van der Waals surface area contributed by atoms with E-state index in [1.807, 2.05) is 54.8 Å². The van der Waals surface area contributed by atoms with Crippen LogP contribution in [-0.4, -0.2) is 30.6 Å². The Hall–Kier alpha value is -3.98. The number of aromatic nitrogens is 5. The van der Waals surface area contributed by atoms with E-state index in [-0.39, 0.29) is 5.91 Å². The second-order valence-corrected chi connectivity index (χ2v) is 8.37. The van der Waals surface area contributed by atoms with Crippen molar-refractivity contribution in [3.8, 4) is 5.82 Å². The van der Waals surface area contributed by atoms with Crippen molar-refractivity contribution in [2.24, 2.45) is 0 Å². The maximum absolute atomic E-state index is 13.0. The second-order valence-electron chi connectivity index (χ2n) is 7.41. The lowest BCUT2D eigenvalue weighted by molar-refractivity contribution is 0.102. The van der Waals surface area contributed by atoms with Crippen LogP contribution in [0.3, 0.4) is 0 Å². The topological polar surface area (TPSA) is 98.7 Å². The van der Waals surface area contributed by atoms with Gasteiger partial charge in [0.05, 0.1) is 34.2 Å². The highest BCUT2D eigenvalue weighted by Crippen LogP contribution is 2.27. The number of carbonyl (C=O) groups excluding carboxylic acids is 1. The summed E-state index contributed by atoms with van der Waals surface area (Å²) in [5, 5.41) is 7.54. The summed E-state index contributed by atoms with van der Waals surface area (Å²) in [6, 6.07) is 15.0. The Bertz CT molecular complexity index is 1420. The van der Waals surface area contributed by atoms with E-state index in [4.69, 9.17) is 4.52 Å². The van der Waals surface area contributed by atoms with Gasteiger partial charge >= 0.3 is 0 Å². The number of pyridine rings is 2. The number of thioether (sulfide) groups is 1. The molecule has 4 aromatic heterocycles. The number of aryl methyl sites for hydroxylation is 2. The third-order valence-corrected chi connectivity index (χ3v) is 6.29. The van der Waals surface area contributed by atoms with Crippen LogP contribution >= 0.6 is 11.8 Å². The Morgan fingerprint density at radius 3 is 2.73 bits per heavy atom. The summed E-state index contributed by atoms with van der Waals surface area (Å²) < 4.78 is 7.13. The number of hydrogen-bond donors (Lipinski definition) is 1. The maximum Gasteiger partial charge on any atom is 0.258 e. The van der Waals surface area contributed by atoms with Gasteiger partial charge in [-0.05, 0) is 50.2 Å². The Balaban J connectivity index is 1.32. The average Bonchev–Trinajstić information content (AvgIpc) is 3.41. The molecule has 1 N–H and O–H groups in total. The first-order valence-electron chi connectivity index (χ1n) is 10.3. The van der Waals surface area contributed by atoms with Gasteiger partial charge in [-0.2, -0.15) is 0 Å². The molecule has 0 spiro atoms. The third-order valence-electron chi connectivity index (χ3n) is 5.26. The van der Waals surface area contributed by atoms with Crippen LogP contribution < -0.4 is 5.32 Å². The number of nitrogens with one attached hydrogen (secondary N) is 1. The van der Waals surface area contributed by atoms with Gasteiger partial charge in [0.15, 0.2) is 0 Å². The number of benzene rings is 1. The molecule has 0 saturated heterocycles. The molecule has 4 heterocycles. The van der Waals surface area contributed by atoms with E-state index in [0.717, 1.165) is 33.9 Å². The van der Waals surface area contributed by atoms with Gasteiger partial charge in [0.1, 0.15) is 22.9 Å². The number of amides is 1. The number of para-hydroxylation sites is 2. The molecule has 5 aromatic rings. The molecule has 0 bridgehead atoms. The van der Waals surface area contributed by atoms with Crippen LogP contribution in [0.5, 0.6) is 0 Å². The summed E-state index contributed by atoms with van der Waals surface area (Å²) in [4.78, 5) is 26.3. The normalized spacial score (nSPS) is 11.1. The molecule has 0 aliphatic carbocycles. The molecule has 5 rings (SSSR count). The molecule has 0 saturated carbocycles. The fourth-order valence-corrected chi connectivity index (χ4v) is 4.61. The Morgan fingerprint density at radius 2 is 1.94 bits per heavy atom. The number of imidazole rings is 1. The van der Waals surface area contributed by atoms with Crippen molar-refractivity contribution in [1.29, 1.82) is 0 Å². The molecule has 9 heteroatoms. The van der Waals surface area contributed by atoms with Gasteiger partial charge in [0.25, 0.3) is 5.91 Å². The van der Waals surface area contributed by atoms with E-state index in [1.54, 1.807) is 30.9 Å². The van der Waals surface area contributed by atoms with Crippen molar-refractivity contribution in [3.05, 3.63) is 89.8 Å². The standard InChI is InChI=1S/C24H20N6O2S/c1-15-19(16(2)32-29-15)13-33-24-18(6-5-11-25-24)23(31)28-17-9-10-22(26-12-17)30-14-27-20-7-3-4-8-21(20)30/h3-12,14H,13H2,1-2H3,(H,28,31). The lowest BCUT2D eigenvalue weighted by Crippen LogP contribution is -2.14. The summed E-state index contributed by atoms with van der Waals surface area (Å²) in [6.45, 7) is 3.78. The number of anilines is 1. The van der Waals surface area contributed by atoms with E-state index in [0.29, 0.717) is 22.0 Å². The third kappa shape index (κ3) is 4.22. The first kappa shape index (κ1) is 20.9. The second kappa shape index (κ2) is 8.87. The summed E-state index contributed by atoms with van der Waals surface area (Å²) >= 11 is 1.48. The van der Waals surface area contributed by atoms with E-state index >= 15 is 0 Å². The number of carbonyl (C=O) groups is 1. The van der Waals surface area contributed by atoms with Crippen LogP contribution in [0.1, 0.15) is 27.4 Å². The smallest absolute Gasteiger partial charge is 0.258 e. The van der Waals surface area contributed by atoms with Crippen molar-refractivity contribution in [3.63, 3.8) is 0 Å². The van der Waals surface area contributed by atoms with Gasteiger partial charge in [-0.25, -0.2) is 15.0 Å². The van der Waals surface area contributed by atoms with Crippen LogP contribution in [-0.2, 0) is 5.75 Å². The van der Waals surface area contributed by atoms with Crippen molar-refractivity contribution in [2.45, 2.75) is 24.6 Å². The minimum Gasteiger partial charge on any atom is -0.361 e. The average molecular weight is 457 g/mol. The predicted molar refractivity (Wildman–Crippen MR) is 127 cm³/mol. The first-order chi connectivity index (χ1) is 16.1. The Labute approximate surface area is 194 Å². The van der Waals surface area contributed by atoms with Gasteiger partial charge in [0.2, 0.25) is 0 Å². The molecule has 0 atom stereocenters. The lowest BCUT2D eigenvalue weighted by atomic mass is 10.2. The molecule has 164 valence electrons. The molecule has 8 nitrogen and oxygen atoms in total. The number of hydrogen-bond acceptors (Lipinski definition) is 7. The maximum atomic E-state index is 13.0. The number of nitrogens with zero attached hydrogens (tertiary/aromatic N) is 5. The van der Waals surface area contributed by atoms with E-state index in [1.165, 1.54) is 11.8 Å². The summed E-state index contributed by atoms with van der Waals surface area (Å²) in [5.41, 5.74) is 4.83. The van der Waals surface area contributed by atoms with Gasteiger partial charge in [-0.15, -0.1) is 11.8 Å². The minimum absolute atomic E-state index is 0.244. The predicted octanol–water partition coefficient (Wildman–Crippen LogP) is 4.96. The van der Waals surface area contributed by atoms with E-state index in [2.05, 4.69) is 25.4 Å². The number of fused-ring (bicyclic) bond motifs is 1. The zero-order valence-corrected chi connectivity index (χ0v) is 18.8. The van der Waals surface area contributed by atoms with Crippen LogP contribution in [0.25, 0.3) is 16.9 Å². The Kier molecular flexibility index (Phi) is 5.62. The quantitative estimate of drug-likeness (QED) is 0.360. The molecule has 1 amide bonds. The number of rotatable bonds is 6. The van der Waals surface area contributed by atoms with E-state index in [9.17, 15) is 4.79 Å². The zero-order chi connectivity index (χ0) is 22.8. The van der Waals surface area contributed by atoms with Crippen LogP contribution in [0.2, 0.25) is 0 Å². The minimum atomic E-state index is -0.244. The van der Waals surface area contributed by atoms with Gasteiger partial charge in [-0.3, -0.25) is 9.36 Å². The summed E-state index contributed by atoms with van der Waals surface area (Å²) in [5.74, 6) is 1.87. The van der Waals surface area contributed by atoms with Crippen LogP contribution in [0.4, 0.5) is 5.69 Å². The Morgan fingerprint density at radius 1 is 1.06 bits per heavy atom. The van der Waals surface area contributed by atoms with Crippen molar-refractivity contribution in [1.82, 2.24) is 24.7 Å². The molecule has 0 aliphatic heterocycles. The molecular formula is C24H20N6O2S. The highest BCUT2D eigenvalue weighted by atomic mass is 32.2. The van der Waals surface area contributed by atoms with Crippen molar-refractivity contribution >= 4 is 34.4 Å². The lowest BCUT2D eigenvalue weighted by Gasteiger charge is -2.10. The van der Waals surface area contributed by atoms with Crippen LogP contribution in [0, 0.1) is 13.8 Å². The van der Waals surface area contributed by atoms with Gasteiger partial charge in [0, 0.05) is 17.5 Å². The SMILES string of the molecule is Cc1noc(C)c1CSc1ncccc1C(=O)Nc1ccc(-n2cnc3ccccc32)nc1. The van der Waals surface area contributed by atoms with Crippen molar-refractivity contribution < 1.29 is 9.32 Å². The zero-order valence-electron chi connectivity index (χ0n) is 18.0. The fourth-order valence-electron chi connectivity index (χ4n) is 3.47. The van der Waals surface area contributed by atoms with Crippen LogP contribution in [0.15, 0.2) is 76.8 Å². The largest absolute Gasteiger partial charge is 0.361 e.